The lowest BCUT2D eigenvalue weighted by molar-refractivity contribution is -0.269. The van der Waals surface area contributed by atoms with E-state index in [1.807, 2.05) is 0 Å². The van der Waals surface area contributed by atoms with Gasteiger partial charge in [-0.15, -0.1) is 5.10 Å². The molecule has 0 radical (unpaired) electrons. The summed E-state index contributed by atoms with van der Waals surface area (Å²) >= 11 is 0. The van der Waals surface area contributed by atoms with E-state index < -0.39 is 17.6 Å². The minimum atomic E-state index is -4.62. The second kappa shape index (κ2) is 5.66. The Morgan fingerprint density at radius 3 is 2.44 bits per heavy atom. The molecule has 0 aromatic carbocycles. The van der Waals surface area contributed by atoms with Crippen molar-refractivity contribution >= 4 is 11.5 Å². The number of fused-ring (bicyclic) bond motifs is 1. The topological polar surface area (TPSA) is 78.3 Å². The van der Waals surface area contributed by atoms with E-state index in [1.165, 1.54) is 22.8 Å². The van der Waals surface area contributed by atoms with E-state index in [0.717, 1.165) is 26.3 Å². The highest BCUT2D eigenvalue weighted by molar-refractivity contribution is 5.64. The number of aromatic nitrogens is 4. The molecule has 1 atom stereocenters. The van der Waals surface area contributed by atoms with Crippen molar-refractivity contribution in [2.45, 2.75) is 18.7 Å². The van der Waals surface area contributed by atoms with Crippen molar-refractivity contribution in [1.29, 1.82) is 0 Å². The molecule has 3 aromatic rings. The fourth-order valence-corrected chi connectivity index (χ4v) is 2.37. The first kappa shape index (κ1) is 17.1. The number of hydrogen-bond donors (Lipinski definition) is 1. The number of hydrogen-bond acceptors (Lipinski definition) is 5. The smallest absolute Gasteiger partial charge is 0.367 e. The Kier molecular flexibility index (Phi) is 3.87. The fraction of sp³-hybridized carbons (Fsp3) is 0.267. The van der Waals surface area contributed by atoms with Crippen LogP contribution >= 0.6 is 0 Å². The lowest BCUT2D eigenvalue weighted by atomic mass is 9.96. The minimum Gasteiger partial charge on any atom is -0.367 e. The van der Waals surface area contributed by atoms with Gasteiger partial charge in [0.25, 0.3) is 0 Å². The summed E-state index contributed by atoms with van der Waals surface area (Å²) in [5.41, 5.74) is 3.35. The molecule has 25 heavy (non-hydrogen) atoms. The summed E-state index contributed by atoms with van der Waals surface area (Å²) in [4.78, 5) is 7.70. The Morgan fingerprint density at radius 2 is 1.88 bits per heavy atom. The van der Waals surface area contributed by atoms with Crippen LogP contribution in [-0.2, 0) is 10.3 Å². The lowest BCUT2D eigenvalue weighted by Crippen LogP contribution is -2.41. The molecule has 10 heteroatoms. The molecule has 3 aromatic heterocycles. The van der Waals surface area contributed by atoms with E-state index >= 15 is 0 Å². The van der Waals surface area contributed by atoms with Crippen LogP contribution in [0.15, 0.2) is 30.6 Å². The molecular weight excluding hydrogens is 342 g/mol. The Bertz CT molecular complexity index is 922. The molecule has 0 aliphatic heterocycles. The first-order valence-electron chi connectivity index (χ1n) is 7.06. The van der Waals surface area contributed by atoms with E-state index in [0.29, 0.717) is 0 Å². The molecule has 3 heterocycles. The maximum Gasteiger partial charge on any atom is 0.421 e. The molecule has 6 nitrogen and oxygen atoms in total. The summed E-state index contributed by atoms with van der Waals surface area (Å²) in [6, 6.07) is 3.71. The number of rotatable bonds is 3. The van der Waals surface area contributed by atoms with Gasteiger partial charge in [0.15, 0.2) is 11.4 Å². The monoisotopic (exact) mass is 355 g/mol. The molecule has 0 spiro atoms. The second-order valence-electron chi connectivity index (χ2n) is 5.46. The quantitative estimate of drug-likeness (QED) is 0.731. The highest BCUT2D eigenvalue weighted by Gasteiger charge is 2.53. The third kappa shape index (κ3) is 2.68. The normalized spacial score (nSPS) is 14.6. The average molecular weight is 355 g/mol. The van der Waals surface area contributed by atoms with Gasteiger partial charge in [-0.1, -0.05) is 6.07 Å². The standard InChI is InChI=1S/C15H13F4N5O/c1-14(25-2,15(17,18)19)8-3-4-10(21-6-8)11-5-9(16)12-7-22-13(20)23-24(11)12/h3-7H,1-2H3,(H2,20,23). The summed E-state index contributed by atoms with van der Waals surface area (Å²) in [6.45, 7) is 0.907. The van der Waals surface area contributed by atoms with E-state index in [-0.39, 0.29) is 28.4 Å². The highest BCUT2D eigenvalue weighted by atomic mass is 19.4. The van der Waals surface area contributed by atoms with Gasteiger partial charge in [-0.2, -0.15) is 13.2 Å². The first-order valence-corrected chi connectivity index (χ1v) is 7.06. The number of pyridine rings is 1. The van der Waals surface area contributed by atoms with Crippen LogP contribution in [0.2, 0.25) is 0 Å². The van der Waals surface area contributed by atoms with Crippen LogP contribution < -0.4 is 5.73 Å². The number of methoxy groups -OCH3 is 1. The molecule has 0 fully saturated rings. The molecule has 0 aliphatic carbocycles. The zero-order valence-electron chi connectivity index (χ0n) is 13.2. The van der Waals surface area contributed by atoms with Gasteiger partial charge < -0.3 is 10.5 Å². The Hall–Kier alpha value is -2.75. The number of halogens is 4. The first-order chi connectivity index (χ1) is 11.7. The van der Waals surface area contributed by atoms with Gasteiger partial charge in [-0.25, -0.2) is 13.9 Å². The van der Waals surface area contributed by atoms with Crippen LogP contribution in [0.25, 0.3) is 16.9 Å². The molecule has 1 unspecified atom stereocenters. The van der Waals surface area contributed by atoms with Crippen LogP contribution in [0, 0.1) is 5.82 Å². The van der Waals surface area contributed by atoms with Crippen molar-refractivity contribution in [3.05, 3.63) is 42.0 Å². The Morgan fingerprint density at radius 1 is 1.16 bits per heavy atom. The fourth-order valence-electron chi connectivity index (χ4n) is 2.37. The molecule has 0 saturated heterocycles. The average Bonchev–Trinajstić information content (AvgIpc) is 2.89. The van der Waals surface area contributed by atoms with Crippen LogP contribution in [-0.4, -0.2) is 32.9 Å². The summed E-state index contributed by atoms with van der Waals surface area (Å²) in [7, 11) is 0.969. The number of nitrogens with two attached hydrogens (primary N) is 1. The predicted molar refractivity (Wildman–Crippen MR) is 81.0 cm³/mol. The Balaban J connectivity index is 2.09. The summed E-state index contributed by atoms with van der Waals surface area (Å²) in [5.74, 6) is -0.678. The van der Waals surface area contributed by atoms with Crippen molar-refractivity contribution < 1.29 is 22.3 Å². The summed E-state index contributed by atoms with van der Waals surface area (Å²) < 4.78 is 59.5. The van der Waals surface area contributed by atoms with Crippen LogP contribution in [0.4, 0.5) is 23.5 Å². The van der Waals surface area contributed by atoms with Crippen molar-refractivity contribution in [1.82, 2.24) is 19.6 Å². The van der Waals surface area contributed by atoms with Gasteiger partial charge >= 0.3 is 6.18 Å². The number of ether oxygens (including phenoxy) is 1. The molecule has 0 saturated carbocycles. The van der Waals surface area contributed by atoms with Gasteiger partial charge in [0.2, 0.25) is 5.95 Å². The third-order valence-electron chi connectivity index (χ3n) is 4.01. The van der Waals surface area contributed by atoms with Crippen LogP contribution in [0.3, 0.4) is 0 Å². The zero-order valence-corrected chi connectivity index (χ0v) is 13.2. The van der Waals surface area contributed by atoms with Gasteiger partial charge in [0.05, 0.1) is 17.6 Å². The minimum absolute atomic E-state index is 0.0760. The highest BCUT2D eigenvalue weighted by Crippen LogP contribution is 2.41. The van der Waals surface area contributed by atoms with Crippen molar-refractivity contribution in [2.75, 3.05) is 12.8 Å². The molecule has 0 amide bonds. The molecule has 2 N–H and O–H groups in total. The maximum atomic E-state index is 14.0. The lowest BCUT2D eigenvalue weighted by Gasteiger charge is -2.30. The number of anilines is 1. The molecule has 132 valence electrons. The van der Waals surface area contributed by atoms with E-state index in [4.69, 9.17) is 5.73 Å². The summed E-state index contributed by atoms with van der Waals surface area (Å²) in [6.07, 6.45) is -2.38. The van der Waals surface area contributed by atoms with E-state index in [2.05, 4.69) is 19.8 Å². The third-order valence-corrected chi connectivity index (χ3v) is 4.01. The Labute approximate surface area is 139 Å². The second-order valence-corrected chi connectivity index (χ2v) is 5.46. The largest absolute Gasteiger partial charge is 0.421 e. The van der Waals surface area contributed by atoms with Gasteiger partial charge in [0, 0.05) is 24.9 Å². The molecular formula is C15H13F4N5O. The van der Waals surface area contributed by atoms with E-state index in [9.17, 15) is 17.6 Å². The number of nitrogens with zero attached hydrogens (tertiary/aromatic N) is 4. The van der Waals surface area contributed by atoms with Crippen LogP contribution in [0.5, 0.6) is 0 Å². The van der Waals surface area contributed by atoms with E-state index in [1.54, 1.807) is 0 Å². The van der Waals surface area contributed by atoms with Gasteiger partial charge in [-0.3, -0.25) is 4.98 Å². The predicted octanol–water partition coefficient (Wildman–Crippen LogP) is 2.94. The van der Waals surface area contributed by atoms with Crippen molar-refractivity contribution in [3.8, 4) is 11.4 Å². The zero-order chi connectivity index (χ0) is 18.4. The van der Waals surface area contributed by atoms with Gasteiger partial charge in [0.1, 0.15) is 5.52 Å². The summed E-state index contributed by atoms with van der Waals surface area (Å²) in [5, 5.41) is 3.90. The van der Waals surface area contributed by atoms with Crippen molar-refractivity contribution in [2.24, 2.45) is 0 Å². The maximum absolute atomic E-state index is 14.0. The molecule has 3 rings (SSSR count). The molecule has 0 bridgehead atoms. The van der Waals surface area contributed by atoms with Gasteiger partial charge in [-0.05, 0) is 13.0 Å². The SMILES string of the molecule is COC(C)(c1ccc(-c2cc(F)c3cnc(N)nn23)nc1)C(F)(F)F. The number of nitrogen functional groups attached to an aromatic ring is 1. The van der Waals surface area contributed by atoms with Crippen LogP contribution in [0.1, 0.15) is 12.5 Å². The molecule has 0 aliphatic rings. The van der Waals surface area contributed by atoms with Crippen molar-refractivity contribution in [3.63, 3.8) is 0 Å². The number of alkyl halides is 3.